The molecule has 0 N–H and O–H groups in total. The third-order valence-electron chi connectivity index (χ3n) is 5.87. The van der Waals surface area contributed by atoms with E-state index in [-0.39, 0.29) is 18.5 Å². The molecule has 1 atom stereocenters. The lowest BCUT2D eigenvalue weighted by Gasteiger charge is -2.26. The van der Waals surface area contributed by atoms with Crippen molar-refractivity contribution >= 4 is 22.8 Å². The third-order valence-corrected chi connectivity index (χ3v) is 5.87. The lowest BCUT2D eigenvalue weighted by atomic mass is 10.0. The topological polar surface area (TPSA) is 70.0 Å². The molecule has 3 aromatic rings. The van der Waals surface area contributed by atoms with E-state index in [1.54, 1.807) is 20.4 Å². The number of para-hydroxylation sites is 1. The molecule has 0 saturated carbocycles. The lowest BCUT2D eigenvalue weighted by Crippen LogP contribution is -2.33. The molecule has 0 radical (unpaired) electrons. The highest BCUT2D eigenvalue weighted by atomic mass is 16.5. The van der Waals surface area contributed by atoms with Gasteiger partial charge in [0.2, 0.25) is 5.91 Å². The summed E-state index contributed by atoms with van der Waals surface area (Å²) in [5.41, 5.74) is 2.32. The van der Waals surface area contributed by atoms with Crippen LogP contribution in [0.3, 0.4) is 0 Å². The molecule has 0 aliphatic carbocycles. The highest BCUT2D eigenvalue weighted by Gasteiger charge is 2.31. The molecule has 0 spiro atoms. The number of aromatic nitrogens is 1. The predicted molar refractivity (Wildman–Crippen MR) is 117 cm³/mol. The number of ether oxygens (including phenoxy) is 3. The first-order chi connectivity index (χ1) is 15.1. The number of amides is 1. The molecule has 1 aliphatic rings. The molecule has 1 aliphatic heterocycles. The predicted octanol–water partition coefficient (Wildman–Crippen LogP) is 3.81. The van der Waals surface area contributed by atoms with E-state index in [9.17, 15) is 9.59 Å². The summed E-state index contributed by atoms with van der Waals surface area (Å²) in [6, 6.07) is 13.3. The average molecular weight is 422 g/mol. The fraction of sp³-hybridized carbons (Fsp3) is 0.333. The van der Waals surface area contributed by atoms with Gasteiger partial charge < -0.3 is 23.7 Å². The van der Waals surface area contributed by atoms with Crippen molar-refractivity contribution in [2.45, 2.75) is 25.4 Å². The van der Waals surface area contributed by atoms with Crippen molar-refractivity contribution in [1.82, 2.24) is 9.47 Å². The van der Waals surface area contributed by atoms with Gasteiger partial charge in [-0.3, -0.25) is 4.79 Å². The van der Waals surface area contributed by atoms with Crippen molar-refractivity contribution in [3.05, 3.63) is 59.8 Å². The van der Waals surface area contributed by atoms with E-state index >= 15 is 0 Å². The lowest BCUT2D eigenvalue weighted by molar-refractivity contribution is -0.132. The highest BCUT2D eigenvalue weighted by molar-refractivity contribution is 6.04. The summed E-state index contributed by atoms with van der Waals surface area (Å²) >= 11 is 0. The van der Waals surface area contributed by atoms with E-state index in [0.717, 1.165) is 29.3 Å². The van der Waals surface area contributed by atoms with Crippen LogP contribution in [0.5, 0.6) is 11.5 Å². The van der Waals surface area contributed by atoms with Gasteiger partial charge in [0, 0.05) is 23.6 Å². The molecule has 0 unspecified atom stereocenters. The van der Waals surface area contributed by atoms with Crippen LogP contribution in [-0.2, 0) is 16.1 Å². The molecule has 4 rings (SSSR count). The maximum absolute atomic E-state index is 13.3. The number of rotatable bonds is 6. The van der Waals surface area contributed by atoms with Gasteiger partial charge >= 0.3 is 5.97 Å². The van der Waals surface area contributed by atoms with Crippen molar-refractivity contribution in [2.24, 2.45) is 0 Å². The van der Waals surface area contributed by atoms with Gasteiger partial charge in [-0.25, -0.2) is 4.79 Å². The van der Waals surface area contributed by atoms with Crippen LogP contribution in [0.15, 0.2) is 48.7 Å². The first kappa shape index (κ1) is 20.8. The minimum Gasteiger partial charge on any atom is -0.493 e. The van der Waals surface area contributed by atoms with Gasteiger partial charge in [0.1, 0.15) is 6.54 Å². The number of benzene rings is 2. The van der Waals surface area contributed by atoms with Crippen LogP contribution in [0, 0.1) is 0 Å². The molecular weight excluding hydrogens is 396 g/mol. The summed E-state index contributed by atoms with van der Waals surface area (Å²) in [5.74, 6) is 0.913. The van der Waals surface area contributed by atoms with Crippen LogP contribution in [0.2, 0.25) is 0 Å². The number of fused-ring (bicyclic) bond motifs is 1. The van der Waals surface area contributed by atoms with E-state index in [1.165, 1.54) is 7.11 Å². The zero-order chi connectivity index (χ0) is 22.0. The molecule has 7 heteroatoms. The second-order valence-electron chi connectivity index (χ2n) is 7.54. The van der Waals surface area contributed by atoms with Gasteiger partial charge in [0.25, 0.3) is 0 Å². The molecule has 162 valence electrons. The Bertz CT molecular complexity index is 1120. The summed E-state index contributed by atoms with van der Waals surface area (Å²) in [6.45, 7) is 0.849. The minimum atomic E-state index is -0.410. The van der Waals surface area contributed by atoms with Gasteiger partial charge in [-0.05, 0) is 36.6 Å². The molecule has 1 fully saturated rings. The Hall–Kier alpha value is -3.48. The molecule has 0 bridgehead atoms. The molecule has 2 aromatic carbocycles. The van der Waals surface area contributed by atoms with E-state index in [2.05, 4.69) is 0 Å². The molecular formula is C24H26N2O5. The van der Waals surface area contributed by atoms with Crippen molar-refractivity contribution < 1.29 is 23.8 Å². The Morgan fingerprint density at radius 2 is 1.81 bits per heavy atom. The van der Waals surface area contributed by atoms with E-state index < -0.39 is 5.97 Å². The summed E-state index contributed by atoms with van der Waals surface area (Å²) in [5, 5.41) is 0.778. The summed E-state index contributed by atoms with van der Waals surface area (Å²) < 4.78 is 17.5. The first-order valence-electron chi connectivity index (χ1n) is 10.2. The normalized spacial score (nSPS) is 15.8. The fourth-order valence-corrected chi connectivity index (χ4v) is 4.36. The summed E-state index contributed by atoms with van der Waals surface area (Å²) in [7, 11) is 4.57. The number of likely N-dealkylation sites (tertiary alicyclic amines) is 1. The number of hydrogen-bond acceptors (Lipinski definition) is 5. The maximum Gasteiger partial charge on any atom is 0.340 e. The smallest absolute Gasteiger partial charge is 0.340 e. The van der Waals surface area contributed by atoms with Crippen LogP contribution in [0.25, 0.3) is 10.9 Å². The Balaban J connectivity index is 1.61. The summed E-state index contributed by atoms with van der Waals surface area (Å²) in [4.78, 5) is 27.4. The highest BCUT2D eigenvalue weighted by Crippen LogP contribution is 2.37. The second kappa shape index (κ2) is 8.71. The maximum atomic E-state index is 13.3. The van der Waals surface area contributed by atoms with Gasteiger partial charge in [-0.15, -0.1) is 0 Å². The van der Waals surface area contributed by atoms with E-state index in [0.29, 0.717) is 23.6 Å². The zero-order valence-corrected chi connectivity index (χ0v) is 18.0. The standard InChI is InChI=1S/C24H26N2O5/c1-29-21-11-10-16(13-22(21)30-2)19-9-6-12-26(19)23(27)15-25-14-18(24(28)31-3)17-7-4-5-8-20(17)25/h4-5,7-8,10-11,13-14,19H,6,9,12,15H2,1-3H3/t19-/m1/s1. The van der Waals surface area contributed by atoms with Gasteiger partial charge in [0.05, 0.1) is 32.9 Å². The van der Waals surface area contributed by atoms with Crippen molar-refractivity contribution in [1.29, 1.82) is 0 Å². The number of nitrogens with zero attached hydrogens (tertiary/aromatic N) is 2. The van der Waals surface area contributed by atoms with Crippen molar-refractivity contribution in [3.63, 3.8) is 0 Å². The van der Waals surface area contributed by atoms with Gasteiger partial charge in [-0.1, -0.05) is 24.3 Å². The SMILES string of the molecule is COC(=O)c1cn(CC(=O)N2CCC[C@@H]2c2ccc(OC)c(OC)c2)c2ccccc12. The van der Waals surface area contributed by atoms with Crippen LogP contribution in [0.4, 0.5) is 0 Å². The Kier molecular flexibility index (Phi) is 5.84. The van der Waals surface area contributed by atoms with Crippen molar-refractivity contribution in [2.75, 3.05) is 27.9 Å². The number of hydrogen-bond donors (Lipinski definition) is 0. The van der Waals surface area contributed by atoms with E-state index in [1.807, 2.05) is 51.9 Å². The number of carbonyl (C=O) groups is 2. The second-order valence-corrected chi connectivity index (χ2v) is 7.54. The zero-order valence-electron chi connectivity index (χ0n) is 18.0. The Morgan fingerprint density at radius 3 is 2.55 bits per heavy atom. The minimum absolute atomic E-state index is 0.00875. The molecule has 31 heavy (non-hydrogen) atoms. The van der Waals surface area contributed by atoms with Gasteiger partial charge in [0.15, 0.2) is 11.5 Å². The van der Waals surface area contributed by atoms with Crippen LogP contribution in [-0.4, -0.2) is 49.2 Å². The van der Waals surface area contributed by atoms with Crippen LogP contribution >= 0.6 is 0 Å². The largest absolute Gasteiger partial charge is 0.493 e. The third kappa shape index (κ3) is 3.83. The fourth-order valence-electron chi connectivity index (χ4n) is 4.36. The number of carbonyl (C=O) groups excluding carboxylic acids is 2. The average Bonchev–Trinajstić information content (AvgIpc) is 3.44. The van der Waals surface area contributed by atoms with Crippen LogP contribution in [0.1, 0.15) is 34.8 Å². The molecule has 1 aromatic heterocycles. The Labute approximate surface area is 181 Å². The monoisotopic (exact) mass is 422 g/mol. The Morgan fingerprint density at radius 1 is 1.03 bits per heavy atom. The molecule has 1 amide bonds. The number of esters is 1. The summed E-state index contributed by atoms with van der Waals surface area (Å²) in [6.07, 6.45) is 3.53. The van der Waals surface area contributed by atoms with Crippen LogP contribution < -0.4 is 9.47 Å². The number of methoxy groups -OCH3 is 3. The molecule has 1 saturated heterocycles. The quantitative estimate of drug-likeness (QED) is 0.565. The molecule has 2 heterocycles. The first-order valence-corrected chi connectivity index (χ1v) is 10.2. The van der Waals surface area contributed by atoms with Gasteiger partial charge in [-0.2, -0.15) is 0 Å². The molecule has 7 nitrogen and oxygen atoms in total. The van der Waals surface area contributed by atoms with Crippen molar-refractivity contribution in [3.8, 4) is 11.5 Å². The van der Waals surface area contributed by atoms with E-state index in [4.69, 9.17) is 14.2 Å².